The molecular weight excluding hydrogens is 328 g/mol. The SMILES string of the molecule is CCCC(C)C(O)C/C=C/[C@H]1[C@H]2CC(CCCCC(=O)O)=C[C@H]2C[C@H]1O. The summed E-state index contributed by atoms with van der Waals surface area (Å²) >= 11 is 0. The number of carbonyl (C=O) groups is 1. The Morgan fingerprint density at radius 3 is 2.85 bits per heavy atom. The van der Waals surface area contributed by atoms with E-state index in [2.05, 4.69) is 32.1 Å². The van der Waals surface area contributed by atoms with Gasteiger partial charge in [-0.1, -0.05) is 44.1 Å². The molecule has 148 valence electrons. The highest BCUT2D eigenvalue weighted by atomic mass is 16.4. The number of hydrogen-bond donors (Lipinski definition) is 3. The van der Waals surface area contributed by atoms with Crippen molar-refractivity contribution in [2.45, 2.75) is 83.8 Å². The summed E-state index contributed by atoms with van der Waals surface area (Å²) in [6, 6.07) is 0. The van der Waals surface area contributed by atoms with Gasteiger partial charge in [-0.3, -0.25) is 4.79 Å². The van der Waals surface area contributed by atoms with Crippen LogP contribution in [-0.2, 0) is 4.79 Å². The van der Waals surface area contributed by atoms with Crippen molar-refractivity contribution in [3.05, 3.63) is 23.8 Å². The summed E-state index contributed by atoms with van der Waals surface area (Å²) in [6.45, 7) is 4.24. The lowest BCUT2D eigenvalue weighted by Crippen LogP contribution is -2.18. The largest absolute Gasteiger partial charge is 0.481 e. The van der Waals surface area contributed by atoms with Gasteiger partial charge < -0.3 is 15.3 Å². The van der Waals surface area contributed by atoms with Gasteiger partial charge in [0.15, 0.2) is 0 Å². The fourth-order valence-electron chi connectivity index (χ4n) is 4.67. The Bertz CT molecular complexity index is 510. The van der Waals surface area contributed by atoms with Crippen LogP contribution < -0.4 is 0 Å². The number of aliphatic hydroxyl groups is 2. The fourth-order valence-corrected chi connectivity index (χ4v) is 4.67. The summed E-state index contributed by atoms with van der Waals surface area (Å²) in [5, 5.41) is 29.3. The second-order valence-corrected chi connectivity index (χ2v) is 8.34. The third-order valence-corrected chi connectivity index (χ3v) is 6.23. The van der Waals surface area contributed by atoms with E-state index >= 15 is 0 Å². The molecule has 0 aromatic heterocycles. The Morgan fingerprint density at radius 2 is 2.15 bits per heavy atom. The zero-order valence-electron chi connectivity index (χ0n) is 16.3. The molecule has 0 radical (unpaired) electrons. The standard InChI is InChI=1S/C22H36O4/c1-3-7-15(2)20(23)10-6-9-18-19-13-16(8-4-5-11-22(25)26)12-17(19)14-21(18)24/h6,9,12,15,17-21,23-24H,3-5,7-8,10-11,13-14H2,1-2H3,(H,25,26)/b9-6+/t15?,17-,18-,19-,20?,21+/m0/s1. The van der Waals surface area contributed by atoms with E-state index in [0.717, 1.165) is 44.9 Å². The van der Waals surface area contributed by atoms with Crippen LogP contribution in [0.25, 0.3) is 0 Å². The highest BCUT2D eigenvalue weighted by Gasteiger charge is 2.43. The highest BCUT2D eigenvalue weighted by Crippen LogP contribution is 2.48. The first-order valence-corrected chi connectivity index (χ1v) is 10.4. The number of allylic oxidation sites excluding steroid dienone is 2. The van der Waals surface area contributed by atoms with Crippen molar-refractivity contribution in [1.82, 2.24) is 0 Å². The molecule has 2 rings (SSSR count). The van der Waals surface area contributed by atoms with Crippen molar-refractivity contribution in [2.24, 2.45) is 23.7 Å². The Kier molecular flexibility index (Phi) is 8.36. The van der Waals surface area contributed by atoms with E-state index < -0.39 is 5.97 Å². The van der Waals surface area contributed by atoms with Crippen molar-refractivity contribution < 1.29 is 20.1 Å². The number of hydrogen-bond acceptors (Lipinski definition) is 3. The number of carboxylic acids is 1. The van der Waals surface area contributed by atoms with Gasteiger partial charge in [0.05, 0.1) is 12.2 Å². The predicted molar refractivity (Wildman–Crippen MR) is 104 cm³/mol. The molecular formula is C22H36O4. The molecule has 4 heteroatoms. The van der Waals surface area contributed by atoms with E-state index in [4.69, 9.17) is 5.11 Å². The van der Waals surface area contributed by atoms with Crippen molar-refractivity contribution in [3.8, 4) is 0 Å². The second kappa shape index (κ2) is 10.3. The van der Waals surface area contributed by atoms with Crippen LogP contribution in [-0.4, -0.2) is 33.5 Å². The Balaban J connectivity index is 1.79. The molecule has 6 atom stereocenters. The van der Waals surface area contributed by atoms with E-state index in [-0.39, 0.29) is 24.5 Å². The van der Waals surface area contributed by atoms with Crippen molar-refractivity contribution in [3.63, 3.8) is 0 Å². The molecule has 26 heavy (non-hydrogen) atoms. The monoisotopic (exact) mass is 364 g/mol. The molecule has 2 unspecified atom stereocenters. The van der Waals surface area contributed by atoms with E-state index in [1.165, 1.54) is 5.57 Å². The second-order valence-electron chi connectivity index (χ2n) is 8.34. The number of fused-ring (bicyclic) bond motifs is 1. The predicted octanol–water partition coefficient (Wildman–Crippen LogP) is 4.32. The zero-order chi connectivity index (χ0) is 19.1. The van der Waals surface area contributed by atoms with E-state index in [0.29, 0.717) is 24.2 Å². The summed E-state index contributed by atoms with van der Waals surface area (Å²) < 4.78 is 0. The molecule has 2 aliphatic rings. The normalized spacial score (nSPS) is 30.4. The fraction of sp³-hybridized carbons (Fsp3) is 0.773. The van der Waals surface area contributed by atoms with E-state index in [1.54, 1.807) is 0 Å². The number of aliphatic carboxylic acids is 1. The van der Waals surface area contributed by atoms with Crippen LogP contribution in [0.4, 0.5) is 0 Å². The van der Waals surface area contributed by atoms with E-state index in [1.807, 2.05) is 0 Å². The Labute approximate surface area is 158 Å². The molecule has 2 aliphatic carbocycles. The summed E-state index contributed by atoms with van der Waals surface area (Å²) in [5.74, 6) is 0.711. The maximum absolute atomic E-state index is 10.6. The van der Waals surface area contributed by atoms with Crippen molar-refractivity contribution >= 4 is 5.97 Å². The van der Waals surface area contributed by atoms with E-state index in [9.17, 15) is 15.0 Å². The molecule has 0 aliphatic heterocycles. The van der Waals surface area contributed by atoms with Crippen LogP contribution in [0.3, 0.4) is 0 Å². The average molecular weight is 365 g/mol. The first-order valence-electron chi connectivity index (χ1n) is 10.4. The first kappa shape index (κ1) is 21.2. The summed E-state index contributed by atoms with van der Waals surface area (Å²) in [4.78, 5) is 10.6. The molecule has 3 N–H and O–H groups in total. The molecule has 0 spiro atoms. The van der Waals surface area contributed by atoms with Gasteiger partial charge in [-0.25, -0.2) is 0 Å². The minimum absolute atomic E-state index is 0.182. The lowest BCUT2D eigenvalue weighted by atomic mass is 9.88. The zero-order valence-corrected chi connectivity index (χ0v) is 16.3. The van der Waals surface area contributed by atoms with Gasteiger partial charge in [-0.05, 0) is 62.7 Å². The van der Waals surface area contributed by atoms with Crippen LogP contribution in [0.15, 0.2) is 23.8 Å². The average Bonchev–Trinajstić information content (AvgIpc) is 3.09. The molecule has 0 aromatic carbocycles. The highest BCUT2D eigenvalue weighted by molar-refractivity contribution is 5.66. The molecule has 0 heterocycles. The molecule has 1 fully saturated rings. The quantitative estimate of drug-likeness (QED) is 0.377. The number of aliphatic hydroxyl groups excluding tert-OH is 2. The van der Waals surface area contributed by atoms with Gasteiger partial charge in [0, 0.05) is 12.3 Å². The maximum atomic E-state index is 10.6. The van der Waals surface area contributed by atoms with Crippen molar-refractivity contribution in [2.75, 3.05) is 0 Å². The Morgan fingerprint density at radius 1 is 1.38 bits per heavy atom. The maximum Gasteiger partial charge on any atom is 0.303 e. The number of rotatable bonds is 11. The summed E-state index contributed by atoms with van der Waals surface area (Å²) in [6.07, 6.45) is 13.5. The van der Waals surface area contributed by atoms with Gasteiger partial charge in [-0.15, -0.1) is 0 Å². The lowest BCUT2D eigenvalue weighted by molar-refractivity contribution is -0.137. The van der Waals surface area contributed by atoms with Gasteiger partial charge in [-0.2, -0.15) is 0 Å². The van der Waals surface area contributed by atoms with Crippen LogP contribution >= 0.6 is 0 Å². The third-order valence-electron chi connectivity index (χ3n) is 6.23. The smallest absolute Gasteiger partial charge is 0.303 e. The molecule has 0 saturated heterocycles. The van der Waals surface area contributed by atoms with Gasteiger partial charge in [0.1, 0.15) is 0 Å². The van der Waals surface area contributed by atoms with Gasteiger partial charge >= 0.3 is 5.97 Å². The van der Waals surface area contributed by atoms with Crippen molar-refractivity contribution in [1.29, 1.82) is 0 Å². The third kappa shape index (κ3) is 5.95. The first-order chi connectivity index (χ1) is 12.4. The Hall–Kier alpha value is -1.13. The van der Waals surface area contributed by atoms with Gasteiger partial charge in [0.25, 0.3) is 0 Å². The molecule has 0 aromatic rings. The number of unbranched alkanes of at least 4 members (excludes halogenated alkanes) is 1. The lowest BCUT2D eigenvalue weighted by Gasteiger charge is -2.19. The van der Waals surface area contributed by atoms with Gasteiger partial charge in [0.2, 0.25) is 0 Å². The molecule has 1 saturated carbocycles. The minimum atomic E-state index is -0.717. The van der Waals surface area contributed by atoms with Crippen LogP contribution in [0, 0.1) is 23.7 Å². The summed E-state index contributed by atoms with van der Waals surface area (Å²) in [7, 11) is 0. The summed E-state index contributed by atoms with van der Waals surface area (Å²) in [5.41, 5.74) is 1.44. The molecule has 0 amide bonds. The minimum Gasteiger partial charge on any atom is -0.481 e. The van der Waals surface area contributed by atoms with Crippen LogP contribution in [0.2, 0.25) is 0 Å². The van der Waals surface area contributed by atoms with Crippen LogP contribution in [0.5, 0.6) is 0 Å². The van der Waals surface area contributed by atoms with Crippen LogP contribution in [0.1, 0.15) is 71.6 Å². The molecule has 0 bridgehead atoms. The number of carboxylic acid groups (broad SMARTS) is 1. The topological polar surface area (TPSA) is 77.8 Å². The molecule has 4 nitrogen and oxygen atoms in total.